The molecule has 0 N–H and O–H groups in total. The Hall–Kier alpha value is -3.09. The normalized spacial score (nSPS) is 10.7. The van der Waals surface area contributed by atoms with Crippen molar-refractivity contribution in [2.24, 2.45) is 0 Å². The van der Waals surface area contributed by atoms with Crippen LogP contribution in [-0.2, 0) is 11.3 Å². The maximum Gasteiger partial charge on any atom is 0.338 e. The third kappa shape index (κ3) is 4.11. The van der Waals surface area contributed by atoms with Crippen LogP contribution in [0.15, 0.2) is 42.5 Å². The molecule has 7 nitrogen and oxygen atoms in total. The molecule has 0 aliphatic heterocycles. The zero-order valence-electron chi connectivity index (χ0n) is 14.8. The molecular weight excluding hydrogens is 334 g/mol. The van der Waals surface area contributed by atoms with E-state index in [-0.39, 0.29) is 13.2 Å². The van der Waals surface area contributed by atoms with Crippen LogP contribution in [0.1, 0.15) is 24.2 Å². The summed E-state index contributed by atoms with van der Waals surface area (Å²) in [6.07, 6.45) is 0. The van der Waals surface area contributed by atoms with Crippen LogP contribution in [0, 0.1) is 0 Å². The number of ether oxygens (including phenoxy) is 3. The maximum absolute atomic E-state index is 12.1. The van der Waals surface area contributed by atoms with Gasteiger partial charge in [-0.05, 0) is 56.3 Å². The molecule has 3 rings (SSSR count). The highest BCUT2D eigenvalue weighted by molar-refractivity contribution is 5.93. The number of fused-ring (bicyclic) bond motifs is 1. The topological polar surface area (TPSA) is 75.5 Å². The van der Waals surface area contributed by atoms with Gasteiger partial charge in [-0.2, -0.15) is 0 Å². The van der Waals surface area contributed by atoms with Gasteiger partial charge in [-0.15, -0.1) is 5.10 Å². The maximum atomic E-state index is 12.1. The summed E-state index contributed by atoms with van der Waals surface area (Å²) in [4.78, 5) is 12.1. The van der Waals surface area contributed by atoms with E-state index < -0.39 is 5.97 Å². The molecule has 0 saturated heterocycles. The van der Waals surface area contributed by atoms with E-state index in [9.17, 15) is 4.79 Å². The number of aryl methyl sites for hydroxylation is 1. The molecule has 136 valence electrons. The highest BCUT2D eigenvalue weighted by Gasteiger charge is 2.11. The lowest BCUT2D eigenvalue weighted by molar-refractivity contribution is 0.0450. The molecule has 0 aliphatic rings. The molecule has 0 spiro atoms. The van der Waals surface area contributed by atoms with Crippen molar-refractivity contribution in [2.75, 3.05) is 19.8 Å². The first kappa shape index (κ1) is 17.7. The fourth-order valence-electron chi connectivity index (χ4n) is 2.51. The second-order valence-corrected chi connectivity index (χ2v) is 5.50. The van der Waals surface area contributed by atoms with Crippen molar-refractivity contribution in [1.29, 1.82) is 0 Å². The first-order chi connectivity index (χ1) is 12.7. The van der Waals surface area contributed by atoms with Crippen molar-refractivity contribution in [2.45, 2.75) is 20.4 Å². The molecular formula is C19H21N3O4. The van der Waals surface area contributed by atoms with Gasteiger partial charge in [-0.1, -0.05) is 5.21 Å². The highest BCUT2D eigenvalue weighted by atomic mass is 16.6. The number of nitrogens with zero attached hydrogens (tertiary/aromatic N) is 3. The summed E-state index contributed by atoms with van der Waals surface area (Å²) in [5.41, 5.74) is 2.01. The van der Waals surface area contributed by atoms with Crippen molar-refractivity contribution in [3.05, 3.63) is 48.0 Å². The molecule has 0 saturated carbocycles. The van der Waals surface area contributed by atoms with E-state index in [1.807, 2.05) is 44.2 Å². The van der Waals surface area contributed by atoms with Gasteiger partial charge in [0, 0.05) is 6.54 Å². The summed E-state index contributed by atoms with van der Waals surface area (Å²) in [5, 5.41) is 8.09. The highest BCUT2D eigenvalue weighted by Crippen LogP contribution is 2.17. The average Bonchev–Trinajstić information content (AvgIpc) is 3.09. The van der Waals surface area contributed by atoms with Gasteiger partial charge in [0.1, 0.15) is 30.2 Å². The third-order valence-corrected chi connectivity index (χ3v) is 3.77. The Bertz CT molecular complexity index is 874. The molecule has 0 amide bonds. The zero-order chi connectivity index (χ0) is 18.4. The van der Waals surface area contributed by atoms with Crippen molar-refractivity contribution in [3.63, 3.8) is 0 Å². The van der Waals surface area contributed by atoms with Gasteiger partial charge < -0.3 is 14.2 Å². The van der Waals surface area contributed by atoms with E-state index >= 15 is 0 Å². The van der Waals surface area contributed by atoms with Crippen molar-refractivity contribution in [3.8, 4) is 11.5 Å². The molecule has 3 aromatic rings. The van der Waals surface area contributed by atoms with Crippen molar-refractivity contribution < 1.29 is 19.0 Å². The number of esters is 1. The van der Waals surface area contributed by atoms with Crippen LogP contribution in [0.2, 0.25) is 0 Å². The second-order valence-electron chi connectivity index (χ2n) is 5.50. The molecule has 0 aliphatic carbocycles. The van der Waals surface area contributed by atoms with Crippen LogP contribution in [0.3, 0.4) is 0 Å². The van der Waals surface area contributed by atoms with E-state index in [1.54, 1.807) is 16.8 Å². The quantitative estimate of drug-likeness (QED) is 0.457. The number of hydrogen-bond donors (Lipinski definition) is 0. The molecule has 1 aromatic heterocycles. The van der Waals surface area contributed by atoms with Crippen LogP contribution in [0.25, 0.3) is 11.0 Å². The Morgan fingerprint density at radius 3 is 2.42 bits per heavy atom. The van der Waals surface area contributed by atoms with Gasteiger partial charge in [-0.25, -0.2) is 9.48 Å². The molecule has 2 aromatic carbocycles. The molecule has 7 heteroatoms. The Labute approximate surface area is 151 Å². The van der Waals surface area contributed by atoms with E-state index in [0.29, 0.717) is 23.4 Å². The minimum absolute atomic E-state index is 0.158. The number of hydrogen-bond acceptors (Lipinski definition) is 6. The minimum Gasteiger partial charge on any atom is -0.494 e. The average molecular weight is 355 g/mol. The lowest BCUT2D eigenvalue weighted by atomic mass is 10.2. The lowest BCUT2D eigenvalue weighted by Gasteiger charge is -2.08. The fraction of sp³-hybridized carbons (Fsp3) is 0.316. The van der Waals surface area contributed by atoms with E-state index in [0.717, 1.165) is 17.8 Å². The number of rotatable bonds is 8. The van der Waals surface area contributed by atoms with Crippen LogP contribution in [0.4, 0.5) is 0 Å². The Kier molecular flexibility index (Phi) is 5.68. The largest absolute Gasteiger partial charge is 0.494 e. The van der Waals surface area contributed by atoms with Crippen LogP contribution < -0.4 is 9.47 Å². The lowest BCUT2D eigenvalue weighted by Crippen LogP contribution is -2.12. The van der Waals surface area contributed by atoms with Crippen molar-refractivity contribution in [1.82, 2.24) is 15.0 Å². The molecule has 0 fully saturated rings. The van der Waals surface area contributed by atoms with Gasteiger partial charge in [0.05, 0.1) is 17.7 Å². The molecule has 0 bridgehead atoms. The predicted octanol–water partition coefficient (Wildman–Crippen LogP) is 3.09. The van der Waals surface area contributed by atoms with Gasteiger partial charge in [0.25, 0.3) is 0 Å². The monoisotopic (exact) mass is 355 g/mol. The van der Waals surface area contributed by atoms with Gasteiger partial charge >= 0.3 is 5.97 Å². The summed E-state index contributed by atoms with van der Waals surface area (Å²) in [7, 11) is 0. The van der Waals surface area contributed by atoms with Gasteiger partial charge in [0.15, 0.2) is 0 Å². The molecule has 0 radical (unpaired) electrons. The Balaban J connectivity index is 1.49. The first-order valence-electron chi connectivity index (χ1n) is 8.57. The summed E-state index contributed by atoms with van der Waals surface area (Å²) in [6, 6.07) is 12.5. The van der Waals surface area contributed by atoms with Crippen LogP contribution in [-0.4, -0.2) is 40.8 Å². The predicted molar refractivity (Wildman–Crippen MR) is 96.6 cm³/mol. The molecule has 26 heavy (non-hydrogen) atoms. The standard InChI is InChI=1S/C19H21N3O4/c1-3-22-18-10-5-14(13-17(18)20-21-22)19(23)26-12-11-25-16-8-6-15(7-9-16)24-4-2/h5-10,13H,3-4,11-12H2,1-2H3. The SMILES string of the molecule is CCOc1ccc(OCCOC(=O)c2ccc3c(c2)nnn3CC)cc1. The molecule has 0 atom stereocenters. The third-order valence-electron chi connectivity index (χ3n) is 3.77. The minimum atomic E-state index is -0.409. The number of benzene rings is 2. The number of aromatic nitrogens is 3. The van der Waals surface area contributed by atoms with Gasteiger partial charge in [0.2, 0.25) is 0 Å². The van der Waals surface area contributed by atoms with E-state index in [2.05, 4.69) is 10.3 Å². The molecule has 0 unspecified atom stereocenters. The summed E-state index contributed by atoms with van der Waals surface area (Å²) < 4.78 is 17.9. The zero-order valence-corrected chi connectivity index (χ0v) is 14.8. The van der Waals surface area contributed by atoms with Crippen LogP contribution in [0.5, 0.6) is 11.5 Å². The van der Waals surface area contributed by atoms with Gasteiger partial charge in [-0.3, -0.25) is 0 Å². The van der Waals surface area contributed by atoms with E-state index in [1.165, 1.54) is 0 Å². The smallest absolute Gasteiger partial charge is 0.338 e. The Morgan fingerprint density at radius 1 is 1.00 bits per heavy atom. The summed E-state index contributed by atoms with van der Waals surface area (Å²) >= 11 is 0. The van der Waals surface area contributed by atoms with Crippen LogP contribution >= 0.6 is 0 Å². The fourth-order valence-corrected chi connectivity index (χ4v) is 2.51. The summed E-state index contributed by atoms with van der Waals surface area (Å²) in [5.74, 6) is 1.08. The summed E-state index contributed by atoms with van der Waals surface area (Å²) in [6.45, 7) is 5.70. The number of carbonyl (C=O) groups excluding carboxylic acids is 1. The number of carbonyl (C=O) groups is 1. The van der Waals surface area contributed by atoms with E-state index in [4.69, 9.17) is 14.2 Å². The molecule has 1 heterocycles. The first-order valence-corrected chi connectivity index (χ1v) is 8.57. The second kappa shape index (κ2) is 8.33. The van der Waals surface area contributed by atoms with Crippen molar-refractivity contribution >= 4 is 17.0 Å². The Morgan fingerprint density at radius 2 is 1.73 bits per heavy atom.